The normalized spacial score (nSPS) is 16.9. The van der Waals surface area contributed by atoms with Crippen LogP contribution in [0.4, 0.5) is 26.1 Å². The molecule has 3 aromatic rings. The maximum Gasteiger partial charge on any atom is 0.250 e. The summed E-state index contributed by atoms with van der Waals surface area (Å²) in [5.41, 5.74) is 1.70. The van der Waals surface area contributed by atoms with Gasteiger partial charge in [0.25, 0.3) is 5.88 Å². The number of anilines is 3. The number of nitrogens with one attached hydrogen (secondary N) is 1. The molecule has 0 amide bonds. The second-order valence-corrected chi connectivity index (χ2v) is 10.6. The number of piperazine rings is 1. The zero-order chi connectivity index (χ0) is 29.6. The first-order valence-electron chi connectivity index (χ1n) is 14.4. The molecule has 2 fully saturated rings. The Morgan fingerprint density at radius 2 is 1.67 bits per heavy atom. The molecule has 226 valence electrons. The monoisotopic (exact) mass is 583 g/mol. The van der Waals surface area contributed by atoms with Crippen LogP contribution in [0.15, 0.2) is 30.6 Å². The Morgan fingerprint density at radius 3 is 2.31 bits per heavy atom. The first kappa shape index (κ1) is 29.7. The summed E-state index contributed by atoms with van der Waals surface area (Å²) >= 11 is 0. The summed E-state index contributed by atoms with van der Waals surface area (Å²) in [6.45, 7) is 7.94. The highest BCUT2D eigenvalue weighted by molar-refractivity contribution is 5.67. The van der Waals surface area contributed by atoms with Gasteiger partial charge in [0.1, 0.15) is 12.4 Å². The van der Waals surface area contributed by atoms with Gasteiger partial charge in [-0.25, -0.2) is 23.7 Å². The van der Waals surface area contributed by atoms with Crippen LogP contribution >= 0.6 is 0 Å². The lowest BCUT2D eigenvalue weighted by Crippen LogP contribution is -2.52. The van der Waals surface area contributed by atoms with Gasteiger partial charge in [0.15, 0.2) is 17.4 Å². The van der Waals surface area contributed by atoms with E-state index >= 15 is 0 Å². The van der Waals surface area contributed by atoms with Gasteiger partial charge in [-0.2, -0.15) is 0 Å². The third kappa shape index (κ3) is 6.65. The Kier molecular flexibility index (Phi) is 9.53. The number of methoxy groups -OCH3 is 2. The maximum absolute atomic E-state index is 14.7. The van der Waals surface area contributed by atoms with Gasteiger partial charge in [-0.1, -0.05) is 6.92 Å². The second-order valence-electron chi connectivity index (χ2n) is 10.6. The topological polar surface area (TPSA) is 88.1 Å². The number of hydrogen-bond donors (Lipinski definition) is 1. The Hall–Kier alpha value is -3.77. The van der Waals surface area contributed by atoms with E-state index in [1.807, 2.05) is 12.1 Å². The van der Waals surface area contributed by atoms with Crippen molar-refractivity contribution in [1.29, 1.82) is 0 Å². The zero-order valence-corrected chi connectivity index (χ0v) is 24.7. The maximum atomic E-state index is 14.7. The van der Waals surface area contributed by atoms with Crippen molar-refractivity contribution in [3.05, 3.63) is 53.5 Å². The number of aryl methyl sites for hydroxylation is 1. The van der Waals surface area contributed by atoms with Gasteiger partial charge in [0.05, 0.1) is 43.6 Å². The molecule has 1 N–H and O–H groups in total. The Labute approximate surface area is 245 Å². The van der Waals surface area contributed by atoms with Crippen molar-refractivity contribution in [2.45, 2.75) is 38.8 Å². The van der Waals surface area contributed by atoms with E-state index in [9.17, 15) is 8.78 Å². The van der Waals surface area contributed by atoms with Crippen LogP contribution in [-0.4, -0.2) is 91.3 Å². The molecule has 0 aliphatic carbocycles. The molecule has 2 aliphatic rings. The van der Waals surface area contributed by atoms with Crippen LogP contribution in [0, 0.1) is 11.6 Å². The molecule has 2 saturated heterocycles. The number of rotatable bonds is 10. The summed E-state index contributed by atoms with van der Waals surface area (Å²) in [6, 6.07) is 6.62. The minimum absolute atomic E-state index is 0.110. The molecule has 12 heteroatoms. The van der Waals surface area contributed by atoms with Crippen molar-refractivity contribution >= 4 is 17.3 Å². The number of likely N-dealkylation sites (N-methyl/N-ethyl adjacent to an activating group) is 1. The fraction of sp³-hybridized carbons (Fsp3) is 0.500. The lowest BCUT2D eigenvalue weighted by Gasteiger charge is -2.42. The molecule has 0 radical (unpaired) electrons. The number of aromatic nitrogens is 3. The van der Waals surface area contributed by atoms with Crippen molar-refractivity contribution in [3.8, 4) is 17.4 Å². The van der Waals surface area contributed by atoms with E-state index in [1.165, 1.54) is 19.5 Å². The molecule has 0 spiro atoms. The molecule has 2 aliphatic heterocycles. The minimum Gasteiger partial charge on any atom is -0.495 e. The number of piperidine rings is 1. The molecule has 1 aromatic carbocycles. The highest BCUT2D eigenvalue weighted by atomic mass is 19.1. The third-order valence-corrected chi connectivity index (χ3v) is 8.04. The zero-order valence-electron chi connectivity index (χ0n) is 24.7. The van der Waals surface area contributed by atoms with Crippen LogP contribution in [0.5, 0.6) is 17.4 Å². The van der Waals surface area contributed by atoms with E-state index < -0.39 is 11.6 Å². The summed E-state index contributed by atoms with van der Waals surface area (Å²) in [4.78, 5) is 19.9. The molecule has 5 rings (SSSR count). The molecular weight excluding hydrogens is 544 g/mol. The van der Waals surface area contributed by atoms with Crippen LogP contribution in [0.1, 0.15) is 31.0 Å². The third-order valence-electron chi connectivity index (χ3n) is 8.04. The number of hydrogen-bond acceptors (Lipinski definition) is 10. The van der Waals surface area contributed by atoms with Crippen LogP contribution in [0.25, 0.3) is 0 Å². The lowest BCUT2D eigenvalue weighted by atomic mass is 10.0. The smallest absolute Gasteiger partial charge is 0.250 e. The fourth-order valence-corrected chi connectivity index (χ4v) is 5.53. The fourth-order valence-electron chi connectivity index (χ4n) is 5.53. The largest absolute Gasteiger partial charge is 0.495 e. The summed E-state index contributed by atoms with van der Waals surface area (Å²) in [5, 5.41) is 3.18. The van der Waals surface area contributed by atoms with Gasteiger partial charge < -0.3 is 29.3 Å². The molecular formula is C30H39F2N7O3. The number of benzene rings is 1. The van der Waals surface area contributed by atoms with E-state index in [2.05, 4.69) is 48.1 Å². The highest BCUT2D eigenvalue weighted by Gasteiger charge is 2.28. The van der Waals surface area contributed by atoms with Crippen LogP contribution in [0.2, 0.25) is 0 Å². The summed E-state index contributed by atoms with van der Waals surface area (Å²) in [5.74, 6) is -0.502. The van der Waals surface area contributed by atoms with E-state index in [1.54, 1.807) is 14.0 Å². The van der Waals surface area contributed by atoms with E-state index in [0.717, 1.165) is 69.2 Å². The average molecular weight is 584 g/mol. The first-order chi connectivity index (χ1) is 20.4. The van der Waals surface area contributed by atoms with Crippen molar-refractivity contribution in [1.82, 2.24) is 24.8 Å². The Morgan fingerprint density at radius 1 is 0.952 bits per heavy atom. The molecule has 0 unspecified atom stereocenters. The number of halogens is 2. The second kappa shape index (κ2) is 13.5. The summed E-state index contributed by atoms with van der Waals surface area (Å²) < 4.78 is 45.6. The number of pyridine rings is 1. The molecule has 0 bridgehead atoms. The average Bonchev–Trinajstić information content (AvgIpc) is 3.02. The quantitative estimate of drug-likeness (QED) is 0.373. The molecule has 4 heterocycles. The van der Waals surface area contributed by atoms with Crippen molar-refractivity contribution < 1.29 is 23.0 Å². The minimum atomic E-state index is -0.886. The molecule has 10 nitrogen and oxygen atoms in total. The first-order valence-corrected chi connectivity index (χ1v) is 14.4. The van der Waals surface area contributed by atoms with Crippen LogP contribution < -0.4 is 24.4 Å². The number of nitrogens with zero attached hydrogens (tertiary/aromatic N) is 6. The predicted octanol–water partition coefficient (Wildman–Crippen LogP) is 4.27. The molecule has 42 heavy (non-hydrogen) atoms. The molecule has 2 aromatic heterocycles. The Balaban J connectivity index is 1.18. The van der Waals surface area contributed by atoms with Gasteiger partial charge >= 0.3 is 0 Å². The van der Waals surface area contributed by atoms with Gasteiger partial charge in [-0.15, -0.1) is 0 Å². The van der Waals surface area contributed by atoms with Crippen molar-refractivity contribution in [3.63, 3.8) is 0 Å². The molecule has 0 saturated carbocycles. The van der Waals surface area contributed by atoms with E-state index in [-0.39, 0.29) is 29.5 Å². The summed E-state index contributed by atoms with van der Waals surface area (Å²) in [6.07, 6.45) is 5.47. The number of ether oxygens (including phenoxy) is 3. The predicted molar refractivity (Wildman–Crippen MR) is 157 cm³/mol. The van der Waals surface area contributed by atoms with Crippen molar-refractivity contribution in [2.24, 2.45) is 0 Å². The van der Waals surface area contributed by atoms with Gasteiger partial charge in [-0.05, 0) is 38.4 Å². The van der Waals surface area contributed by atoms with E-state index in [0.29, 0.717) is 18.4 Å². The van der Waals surface area contributed by atoms with Crippen molar-refractivity contribution in [2.75, 3.05) is 70.8 Å². The van der Waals surface area contributed by atoms with Gasteiger partial charge in [0.2, 0.25) is 5.95 Å². The molecule has 0 atom stereocenters. The van der Waals surface area contributed by atoms with Crippen LogP contribution in [0.3, 0.4) is 0 Å². The Bertz CT molecular complexity index is 1320. The van der Waals surface area contributed by atoms with Gasteiger partial charge in [-0.3, -0.25) is 4.90 Å². The van der Waals surface area contributed by atoms with Crippen LogP contribution in [-0.2, 0) is 13.0 Å². The SMILES string of the molecule is CCc1nc(OC)c(F)c(COc2cnc(Nc3ccc(N4CCC(N5CCN(C)CC5)CC4)c(OC)c3)nc2)c1F. The van der Waals surface area contributed by atoms with E-state index in [4.69, 9.17) is 14.2 Å². The lowest BCUT2D eigenvalue weighted by molar-refractivity contribution is 0.0981. The standard InChI is InChI=1S/C30H39F2N7O3/c1-5-24-27(31)23(28(32)29(36-24)41-4)19-42-22-17-33-30(34-18-22)35-20-6-7-25(26(16-20)40-3)39-10-8-21(9-11-39)38-14-12-37(2)13-15-38/h6-7,16-18,21H,5,8-15,19H2,1-4H3,(H,33,34,35). The van der Waals surface area contributed by atoms with Gasteiger partial charge in [0, 0.05) is 57.1 Å². The highest BCUT2D eigenvalue weighted by Crippen LogP contribution is 2.34. The summed E-state index contributed by atoms with van der Waals surface area (Å²) in [7, 11) is 5.15.